The van der Waals surface area contributed by atoms with Crippen molar-refractivity contribution >= 4 is 63.9 Å². The van der Waals surface area contributed by atoms with E-state index in [2.05, 4.69) is 10.6 Å². The number of imide groups is 1. The number of pyridine rings is 1. The molecule has 6 heterocycles. The molecule has 0 saturated carbocycles. The standard InChI is InChI=1S/C48H52FN7O16/c1-4-48(68)25-12-30-38-24(16-55(30)15-22(25)19-69-46(48)66)37-27(7-6-23-20(2)26(49)13-29(52-38)36(23)37)53-47(67)70-18-21-5-8-32(71-45-41(62)39(60)40(61)42(72-45)44(64)65)28(11-21)51-33(57)17-54(3)43(63)31(14-50)56-34(58)9-10-35(56)59/h5,8,11-13,27,31,39-42,45,60-62,68H,4,6-7,9-10,14-19,50H2,1-3H3,(H,51,57)(H,53,67)(H,64,65)/t27-,31-,39?,40-,41?,42?,45-,48-/m0/s1. The van der Waals surface area contributed by atoms with E-state index in [9.17, 15) is 59.1 Å². The van der Waals surface area contributed by atoms with Gasteiger partial charge in [0, 0.05) is 62.1 Å². The van der Waals surface area contributed by atoms with Gasteiger partial charge in [-0.1, -0.05) is 13.0 Å². The monoisotopic (exact) mass is 1000 g/mol. The summed E-state index contributed by atoms with van der Waals surface area (Å²) < 4.78 is 37.6. The summed E-state index contributed by atoms with van der Waals surface area (Å²) in [4.78, 5) is 98.9. The lowest BCUT2D eigenvalue weighted by atomic mass is 9.81. The van der Waals surface area contributed by atoms with Crippen molar-refractivity contribution in [3.63, 3.8) is 0 Å². The number of aliphatic hydroxyl groups is 4. The van der Waals surface area contributed by atoms with E-state index in [-0.39, 0.29) is 42.9 Å². The summed E-state index contributed by atoms with van der Waals surface area (Å²) in [5, 5.41) is 58.6. The van der Waals surface area contributed by atoms with Crippen molar-refractivity contribution in [1.82, 2.24) is 25.0 Å². The predicted octanol–water partition coefficient (Wildman–Crippen LogP) is -0.0952. The number of hydrogen-bond acceptors (Lipinski definition) is 18. The molecule has 5 amide bonds. The number of ether oxygens (including phenoxy) is 4. The van der Waals surface area contributed by atoms with Gasteiger partial charge in [0.05, 0.1) is 35.2 Å². The Bertz CT molecular complexity index is 2890. The van der Waals surface area contributed by atoms with Gasteiger partial charge >= 0.3 is 18.0 Å². The molecule has 23 nitrogen and oxygen atoms in total. The lowest BCUT2D eigenvalue weighted by Crippen LogP contribution is -2.61. The zero-order valence-electron chi connectivity index (χ0n) is 39.2. The van der Waals surface area contributed by atoms with Crippen LogP contribution in [-0.2, 0) is 62.6 Å². The van der Waals surface area contributed by atoms with Crippen LogP contribution >= 0.6 is 0 Å². The summed E-state index contributed by atoms with van der Waals surface area (Å²) in [6.45, 7) is 2.54. The Kier molecular flexibility index (Phi) is 13.3. The zero-order chi connectivity index (χ0) is 51.7. The highest BCUT2D eigenvalue weighted by molar-refractivity contribution is 6.06. The first-order valence-corrected chi connectivity index (χ1v) is 23.2. The molecule has 0 bridgehead atoms. The first-order chi connectivity index (χ1) is 34.2. The molecule has 24 heteroatoms. The number of esters is 1. The molecule has 0 radical (unpaired) electrons. The fourth-order valence-electron chi connectivity index (χ4n) is 10.3. The molecule has 1 aromatic heterocycles. The molecule has 0 spiro atoms. The van der Waals surface area contributed by atoms with Crippen molar-refractivity contribution in [2.75, 3.05) is 38.6 Å². The second-order valence-electron chi connectivity index (χ2n) is 18.5. The number of nitrogens with two attached hydrogens (primary N) is 1. The molecule has 6 aliphatic rings. The highest BCUT2D eigenvalue weighted by Gasteiger charge is 2.50. The third-order valence-electron chi connectivity index (χ3n) is 14.1. The number of fused-ring (bicyclic) bond motifs is 4. The van der Waals surface area contributed by atoms with E-state index in [1.807, 2.05) is 4.90 Å². The number of halogens is 1. The number of anilines is 1. The number of aliphatic carboxylic acids is 1. The number of likely N-dealkylation sites (N-methyl/N-ethyl adjacent to an activating group) is 1. The van der Waals surface area contributed by atoms with Crippen LogP contribution in [0.15, 0.2) is 41.5 Å². The predicted molar refractivity (Wildman–Crippen MR) is 244 cm³/mol. The van der Waals surface area contributed by atoms with Gasteiger partial charge in [-0.15, -0.1) is 0 Å². The molecule has 5 aliphatic heterocycles. The number of aryl methyl sites for hydroxylation is 1. The summed E-state index contributed by atoms with van der Waals surface area (Å²) in [5.74, 6) is -5.99. The molecule has 3 aromatic rings. The Balaban J connectivity index is 0.965. The van der Waals surface area contributed by atoms with Gasteiger partial charge in [0.15, 0.2) is 11.7 Å². The molecule has 72 heavy (non-hydrogen) atoms. The van der Waals surface area contributed by atoms with Crippen LogP contribution in [0, 0.1) is 12.7 Å². The van der Waals surface area contributed by atoms with Gasteiger partial charge < -0.3 is 70.6 Å². The molecule has 9 N–H and O–H groups in total. The molecular weight excluding hydrogens is 950 g/mol. The van der Waals surface area contributed by atoms with Gasteiger partial charge in [-0.25, -0.2) is 23.8 Å². The van der Waals surface area contributed by atoms with Crippen molar-refractivity contribution in [3.8, 4) is 5.75 Å². The van der Waals surface area contributed by atoms with Gasteiger partial charge in [0.25, 0.3) is 0 Å². The number of likely N-dealkylation sites (tertiary alicyclic amines) is 1. The molecule has 2 saturated heterocycles. The van der Waals surface area contributed by atoms with Gasteiger partial charge in [-0.3, -0.25) is 24.1 Å². The Labute approximate surface area is 408 Å². The number of hydrogen-bond donors (Lipinski definition) is 8. The van der Waals surface area contributed by atoms with Crippen molar-refractivity contribution in [2.45, 2.75) is 107 Å². The molecule has 9 rings (SSSR count). The summed E-state index contributed by atoms with van der Waals surface area (Å²) in [5.41, 5.74) is 9.33. The number of aliphatic hydroxyl groups excluding tert-OH is 3. The quantitative estimate of drug-likeness (QED) is 0.0819. The largest absolute Gasteiger partial charge is 0.479 e. The van der Waals surface area contributed by atoms with E-state index in [1.54, 1.807) is 19.9 Å². The Hall–Kier alpha value is -7.09. The third-order valence-corrected chi connectivity index (χ3v) is 14.1. The van der Waals surface area contributed by atoms with Crippen LogP contribution in [0.3, 0.4) is 0 Å². The summed E-state index contributed by atoms with van der Waals surface area (Å²) >= 11 is 0. The van der Waals surface area contributed by atoms with Gasteiger partial charge in [0.1, 0.15) is 49.1 Å². The molecule has 2 aromatic carbocycles. The normalized spacial score (nSPS) is 25.8. The van der Waals surface area contributed by atoms with Gasteiger partial charge in [0.2, 0.25) is 29.9 Å². The lowest BCUT2D eigenvalue weighted by Gasteiger charge is -2.38. The van der Waals surface area contributed by atoms with Gasteiger partial charge in [-0.2, -0.15) is 0 Å². The fraction of sp³-hybridized carbons (Fsp3) is 0.458. The van der Waals surface area contributed by atoms with Crippen LogP contribution < -0.4 is 21.1 Å². The first-order valence-electron chi connectivity index (χ1n) is 23.2. The maximum Gasteiger partial charge on any atom is 0.407 e. The third kappa shape index (κ3) is 8.66. The van der Waals surface area contributed by atoms with Crippen LogP contribution in [0.5, 0.6) is 5.75 Å². The number of carbonyl (C=O) groups is 7. The average Bonchev–Trinajstić information content (AvgIpc) is 3.88. The van der Waals surface area contributed by atoms with Crippen LogP contribution in [0.2, 0.25) is 0 Å². The molecule has 1 aliphatic carbocycles. The first kappa shape index (κ1) is 49.9. The zero-order valence-corrected chi connectivity index (χ0v) is 39.2. The number of nitrogens with one attached hydrogen (secondary N) is 2. The number of benzene rings is 2. The molecule has 382 valence electrons. The molecule has 3 unspecified atom stereocenters. The SMILES string of the molecule is CC[C@@]1(O)C(=O)OCC2=C1C=C1c3nc4cc(F)c(C)c5c4c(c3CN1C2)[C@@H](NC(=O)OCc1ccc(O[C@H]2OC(C(=O)O)[C@@H](O)C(O)C2O)c(NC(=O)CN(C)C(=O)[C@H](CN)N2C(=O)CCC2=O)c1)CC5. The van der Waals surface area contributed by atoms with Crippen molar-refractivity contribution < 1.29 is 82.4 Å². The molecule has 2 fully saturated rings. The van der Waals surface area contributed by atoms with Crippen molar-refractivity contribution in [2.24, 2.45) is 5.73 Å². The smallest absolute Gasteiger partial charge is 0.407 e. The highest BCUT2D eigenvalue weighted by atomic mass is 19.1. The molecule has 8 atom stereocenters. The second-order valence-corrected chi connectivity index (χ2v) is 18.5. The minimum atomic E-state index is -2.03. The topological polar surface area (TPSA) is 330 Å². The highest BCUT2D eigenvalue weighted by Crippen LogP contribution is 2.48. The molecular formula is C48H52FN7O16. The maximum atomic E-state index is 15.5. The van der Waals surface area contributed by atoms with Crippen LogP contribution in [0.25, 0.3) is 16.6 Å². The van der Waals surface area contributed by atoms with E-state index < -0.39 is 116 Å². The van der Waals surface area contributed by atoms with E-state index in [1.165, 1.54) is 31.3 Å². The van der Waals surface area contributed by atoms with Crippen LogP contribution in [-0.4, -0.2) is 163 Å². The number of amides is 5. The Morgan fingerprint density at radius 3 is 2.47 bits per heavy atom. The van der Waals surface area contributed by atoms with E-state index >= 15 is 4.39 Å². The summed E-state index contributed by atoms with van der Waals surface area (Å²) in [7, 11) is 1.24. The number of carboxylic acids is 1. The van der Waals surface area contributed by atoms with Crippen LogP contribution in [0.4, 0.5) is 14.9 Å². The summed E-state index contributed by atoms with van der Waals surface area (Å²) in [6.07, 6.45) is -8.50. The number of carboxylic acid groups (broad SMARTS) is 1. The van der Waals surface area contributed by atoms with E-state index in [0.717, 1.165) is 26.5 Å². The number of nitrogens with zero attached hydrogens (tertiary/aromatic N) is 4. The summed E-state index contributed by atoms with van der Waals surface area (Å²) in [6, 6.07) is 3.29. The van der Waals surface area contributed by atoms with E-state index in [0.29, 0.717) is 64.9 Å². The Morgan fingerprint density at radius 2 is 1.78 bits per heavy atom. The number of aromatic nitrogens is 1. The average molecular weight is 1000 g/mol. The number of carbonyl (C=O) groups excluding carboxylic acids is 6. The number of cyclic esters (lactones) is 1. The van der Waals surface area contributed by atoms with Crippen LogP contribution in [0.1, 0.15) is 72.2 Å². The minimum absolute atomic E-state index is 0.00497. The van der Waals surface area contributed by atoms with E-state index in [4.69, 9.17) is 29.7 Å². The number of rotatable bonds is 13. The second kappa shape index (κ2) is 19.2. The maximum absolute atomic E-state index is 15.5. The number of alkyl carbamates (subject to hydrolysis) is 1. The fourth-order valence-corrected chi connectivity index (χ4v) is 10.3. The van der Waals surface area contributed by atoms with Crippen molar-refractivity contribution in [3.05, 3.63) is 80.8 Å². The van der Waals surface area contributed by atoms with Crippen molar-refractivity contribution in [1.29, 1.82) is 0 Å². The lowest BCUT2D eigenvalue weighted by molar-refractivity contribution is -0.271. The Morgan fingerprint density at radius 1 is 1.04 bits per heavy atom. The minimum Gasteiger partial charge on any atom is -0.479 e. The van der Waals surface area contributed by atoms with Gasteiger partial charge in [-0.05, 0) is 72.2 Å².